The first-order valence-corrected chi connectivity index (χ1v) is 6.41. The summed E-state index contributed by atoms with van der Waals surface area (Å²) < 4.78 is 2.45. The highest BCUT2D eigenvalue weighted by molar-refractivity contribution is 5.77. The zero-order chi connectivity index (χ0) is 11.8. The first-order chi connectivity index (χ1) is 8.29. The first-order valence-electron chi connectivity index (χ1n) is 6.41. The molecular weight excluding hydrogens is 210 g/mol. The van der Waals surface area contributed by atoms with Crippen LogP contribution in [0.3, 0.4) is 0 Å². The second kappa shape index (κ2) is 4.15. The van der Waals surface area contributed by atoms with Crippen LogP contribution in [0.15, 0.2) is 18.2 Å². The quantitative estimate of drug-likeness (QED) is 0.872. The Balaban J connectivity index is 2.09. The smallest absolute Gasteiger partial charge is 0.111 e. The van der Waals surface area contributed by atoms with Crippen molar-refractivity contribution in [3.8, 4) is 0 Å². The van der Waals surface area contributed by atoms with E-state index in [0.29, 0.717) is 6.04 Å². The molecule has 90 valence electrons. The fraction of sp³-hybridized carbons (Fsp3) is 0.500. The van der Waals surface area contributed by atoms with Gasteiger partial charge in [0.2, 0.25) is 0 Å². The van der Waals surface area contributed by atoms with Gasteiger partial charge in [-0.2, -0.15) is 0 Å². The summed E-state index contributed by atoms with van der Waals surface area (Å²) in [6.45, 7) is 3.12. The summed E-state index contributed by atoms with van der Waals surface area (Å²) in [6, 6.07) is 7.30. The molecular formula is C14H19N3. The number of likely N-dealkylation sites (N-methyl/N-ethyl adjacent to an activating group) is 1. The summed E-state index contributed by atoms with van der Waals surface area (Å²) >= 11 is 0. The number of nitrogens with zero attached hydrogens (tertiary/aromatic N) is 2. The van der Waals surface area contributed by atoms with Crippen LogP contribution in [0.4, 0.5) is 0 Å². The maximum atomic E-state index is 4.80. The number of imidazole rings is 1. The minimum absolute atomic E-state index is 0.703. The van der Waals surface area contributed by atoms with Gasteiger partial charge in [-0.15, -0.1) is 0 Å². The fourth-order valence-corrected chi connectivity index (χ4v) is 2.41. The van der Waals surface area contributed by atoms with Gasteiger partial charge in [0.05, 0.1) is 11.0 Å². The van der Waals surface area contributed by atoms with Crippen LogP contribution in [-0.2, 0) is 6.42 Å². The summed E-state index contributed by atoms with van der Waals surface area (Å²) in [5, 5.41) is 3.21. The van der Waals surface area contributed by atoms with E-state index >= 15 is 0 Å². The predicted molar refractivity (Wildman–Crippen MR) is 70.4 cm³/mol. The lowest BCUT2D eigenvalue weighted by Gasteiger charge is -2.07. The third-order valence-electron chi connectivity index (χ3n) is 3.43. The van der Waals surface area contributed by atoms with Gasteiger partial charge < -0.3 is 9.88 Å². The number of aryl methyl sites for hydroxylation is 1. The van der Waals surface area contributed by atoms with Crippen molar-refractivity contribution < 1.29 is 0 Å². The van der Waals surface area contributed by atoms with Gasteiger partial charge in [0.25, 0.3) is 0 Å². The van der Waals surface area contributed by atoms with Crippen LogP contribution in [0, 0.1) is 6.92 Å². The highest BCUT2D eigenvalue weighted by Crippen LogP contribution is 2.38. The average molecular weight is 229 g/mol. The second-order valence-electron chi connectivity index (χ2n) is 4.97. The molecule has 0 radical (unpaired) electrons. The molecule has 17 heavy (non-hydrogen) atoms. The van der Waals surface area contributed by atoms with Gasteiger partial charge in [0.15, 0.2) is 0 Å². The molecule has 1 aliphatic carbocycles. The van der Waals surface area contributed by atoms with Gasteiger partial charge in [0, 0.05) is 19.0 Å². The number of aromatic nitrogens is 2. The van der Waals surface area contributed by atoms with E-state index in [1.807, 2.05) is 7.05 Å². The van der Waals surface area contributed by atoms with Gasteiger partial charge in [0.1, 0.15) is 5.82 Å². The third-order valence-corrected chi connectivity index (χ3v) is 3.43. The highest BCUT2D eigenvalue weighted by atomic mass is 15.1. The molecule has 0 bridgehead atoms. The van der Waals surface area contributed by atoms with E-state index < -0.39 is 0 Å². The number of hydrogen-bond donors (Lipinski definition) is 1. The maximum absolute atomic E-state index is 4.80. The molecule has 1 heterocycles. The van der Waals surface area contributed by atoms with Crippen LogP contribution in [0.1, 0.15) is 30.3 Å². The van der Waals surface area contributed by atoms with E-state index in [1.165, 1.54) is 29.7 Å². The van der Waals surface area contributed by atoms with Crippen molar-refractivity contribution in [1.82, 2.24) is 14.9 Å². The lowest BCUT2D eigenvalue weighted by Crippen LogP contribution is -2.13. The zero-order valence-corrected chi connectivity index (χ0v) is 10.5. The maximum Gasteiger partial charge on any atom is 0.111 e. The summed E-state index contributed by atoms with van der Waals surface area (Å²) in [5.41, 5.74) is 3.75. The lowest BCUT2D eigenvalue weighted by atomic mass is 10.2. The van der Waals surface area contributed by atoms with E-state index in [9.17, 15) is 0 Å². The second-order valence-corrected chi connectivity index (χ2v) is 4.97. The molecule has 3 nitrogen and oxygen atoms in total. The molecule has 0 atom stereocenters. The Labute approximate surface area is 102 Å². The summed E-state index contributed by atoms with van der Waals surface area (Å²) in [5.74, 6) is 1.24. The Morgan fingerprint density at radius 1 is 1.41 bits per heavy atom. The van der Waals surface area contributed by atoms with Crippen molar-refractivity contribution in [1.29, 1.82) is 0 Å². The van der Waals surface area contributed by atoms with E-state index in [1.54, 1.807) is 0 Å². The van der Waals surface area contributed by atoms with Gasteiger partial charge >= 0.3 is 0 Å². The molecule has 1 N–H and O–H groups in total. The lowest BCUT2D eigenvalue weighted by molar-refractivity contribution is 0.670. The van der Waals surface area contributed by atoms with Gasteiger partial charge in [-0.3, -0.25) is 0 Å². The molecule has 0 aliphatic heterocycles. The van der Waals surface area contributed by atoms with Crippen LogP contribution in [0.5, 0.6) is 0 Å². The molecule has 0 spiro atoms. The number of fused-ring (bicyclic) bond motifs is 1. The minimum atomic E-state index is 0.703. The van der Waals surface area contributed by atoms with Crippen LogP contribution in [-0.4, -0.2) is 23.1 Å². The molecule has 2 aromatic rings. The number of rotatable bonds is 4. The largest absolute Gasteiger partial charge is 0.325 e. The Bertz CT molecular complexity index is 538. The molecule has 0 amide bonds. The van der Waals surface area contributed by atoms with Crippen LogP contribution in [0.2, 0.25) is 0 Å². The van der Waals surface area contributed by atoms with E-state index in [2.05, 4.69) is 35.0 Å². The third kappa shape index (κ3) is 1.95. The Morgan fingerprint density at radius 3 is 2.94 bits per heavy atom. The zero-order valence-electron chi connectivity index (χ0n) is 10.5. The number of nitrogens with one attached hydrogen (secondary N) is 1. The Morgan fingerprint density at radius 2 is 2.24 bits per heavy atom. The average Bonchev–Trinajstić information content (AvgIpc) is 3.08. The molecule has 1 aromatic heterocycles. The topological polar surface area (TPSA) is 29.9 Å². The first kappa shape index (κ1) is 10.8. The molecule has 1 aliphatic rings. The van der Waals surface area contributed by atoms with Gasteiger partial charge in [-0.05, 0) is 44.5 Å². The van der Waals surface area contributed by atoms with Crippen molar-refractivity contribution in [3.05, 3.63) is 29.6 Å². The van der Waals surface area contributed by atoms with Crippen molar-refractivity contribution in [2.24, 2.45) is 0 Å². The summed E-state index contributed by atoms with van der Waals surface area (Å²) in [4.78, 5) is 4.80. The fourth-order valence-electron chi connectivity index (χ4n) is 2.41. The SMILES string of the molecule is CNCCc1nc2cc(C)ccc2n1C1CC1. The standard InChI is InChI=1S/C14H19N3/c1-10-3-6-13-12(9-10)16-14(7-8-15-2)17(13)11-4-5-11/h3,6,9,11,15H,4-5,7-8H2,1-2H3. The van der Waals surface area contributed by atoms with Crippen molar-refractivity contribution in [2.45, 2.75) is 32.2 Å². The van der Waals surface area contributed by atoms with Crippen LogP contribution >= 0.6 is 0 Å². The van der Waals surface area contributed by atoms with Crippen molar-refractivity contribution in [2.75, 3.05) is 13.6 Å². The van der Waals surface area contributed by atoms with E-state index in [-0.39, 0.29) is 0 Å². The number of hydrogen-bond acceptors (Lipinski definition) is 2. The summed E-state index contributed by atoms with van der Waals surface area (Å²) in [7, 11) is 1.99. The summed E-state index contributed by atoms with van der Waals surface area (Å²) in [6.07, 6.45) is 3.64. The molecule has 1 aromatic carbocycles. The molecule has 1 saturated carbocycles. The van der Waals surface area contributed by atoms with Crippen molar-refractivity contribution in [3.63, 3.8) is 0 Å². The Kier molecular flexibility index (Phi) is 2.63. The van der Waals surface area contributed by atoms with Gasteiger partial charge in [-0.25, -0.2) is 4.98 Å². The molecule has 1 fully saturated rings. The number of benzene rings is 1. The molecule has 0 unspecified atom stereocenters. The monoisotopic (exact) mass is 229 g/mol. The minimum Gasteiger partial charge on any atom is -0.325 e. The normalized spacial score (nSPS) is 15.6. The van der Waals surface area contributed by atoms with E-state index in [0.717, 1.165) is 18.5 Å². The highest BCUT2D eigenvalue weighted by Gasteiger charge is 2.27. The van der Waals surface area contributed by atoms with Crippen molar-refractivity contribution >= 4 is 11.0 Å². The van der Waals surface area contributed by atoms with E-state index in [4.69, 9.17) is 4.98 Å². The predicted octanol–water partition coefficient (Wildman–Crippen LogP) is 2.44. The molecule has 0 saturated heterocycles. The Hall–Kier alpha value is -1.35. The van der Waals surface area contributed by atoms with Crippen LogP contribution < -0.4 is 5.32 Å². The molecule has 3 rings (SSSR count). The van der Waals surface area contributed by atoms with Gasteiger partial charge in [-0.1, -0.05) is 6.07 Å². The van der Waals surface area contributed by atoms with Crippen LogP contribution in [0.25, 0.3) is 11.0 Å². The molecule has 3 heteroatoms.